The van der Waals surface area contributed by atoms with Crippen LogP contribution in [0.4, 0.5) is 0 Å². The molecule has 254 valence electrons. The molecule has 45 heavy (non-hydrogen) atoms. The molecular formula is C34H55N3O7S. The Labute approximate surface area is 273 Å². The maximum atomic E-state index is 13.4. The zero-order valence-electron chi connectivity index (χ0n) is 28.4. The number of hydrogen-bond donors (Lipinski definition) is 3. The summed E-state index contributed by atoms with van der Waals surface area (Å²) < 4.78 is 12.2. The van der Waals surface area contributed by atoms with E-state index in [9.17, 15) is 19.8 Å². The molecule has 0 spiro atoms. The summed E-state index contributed by atoms with van der Waals surface area (Å²) in [7, 11) is 0. The quantitative estimate of drug-likeness (QED) is 0.136. The van der Waals surface area contributed by atoms with E-state index in [0.29, 0.717) is 18.7 Å². The van der Waals surface area contributed by atoms with Gasteiger partial charge in [-0.05, 0) is 57.6 Å². The Bertz CT molecular complexity index is 1200. The highest BCUT2D eigenvalue weighted by atomic mass is 32.1. The standard InChI is InChI=1S/C34H55N3O7S/c1-9-10-11-15-35-29(39)20-42-37-32-23(4)31(41)21(2)13-12-14-34(8)28(44-34)17-26(22(3)16-25-19-36-24(5)45-25)43-30(40)18-27(38)33(32,6)7/h16,19,21,23,26-28,31,38,41H,9-15,17-18,20H2,1-8H3,(H,35,39)/b22-16+,37-32-/t21-,23+,26?,27-,28-,31-,34+/m0/s1. The van der Waals surface area contributed by atoms with Gasteiger partial charge in [0, 0.05) is 35.4 Å². The summed E-state index contributed by atoms with van der Waals surface area (Å²) in [6.45, 7) is 15.7. The van der Waals surface area contributed by atoms with Gasteiger partial charge in [-0.3, -0.25) is 9.59 Å². The Morgan fingerprint density at radius 3 is 2.67 bits per heavy atom. The Balaban J connectivity index is 1.84. The molecule has 11 heteroatoms. The van der Waals surface area contributed by atoms with Gasteiger partial charge in [-0.1, -0.05) is 59.0 Å². The fourth-order valence-corrected chi connectivity index (χ4v) is 6.88. The van der Waals surface area contributed by atoms with Gasteiger partial charge in [0.2, 0.25) is 0 Å². The fourth-order valence-electron chi connectivity index (χ4n) is 6.08. The van der Waals surface area contributed by atoms with Gasteiger partial charge in [-0.15, -0.1) is 11.3 Å². The van der Waals surface area contributed by atoms with Gasteiger partial charge in [0.25, 0.3) is 5.91 Å². The predicted octanol–water partition coefficient (Wildman–Crippen LogP) is 5.59. The Kier molecular flexibility index (Phi) is 13.6. The van der Waals surface area contributed by atoms with Crippen molar-refractivity contribution in [2.45, 2.75) is 137 Å². The van der Waals surface area contributed by atoms with Crippen LogP contribution in [0.5, 0.6) is 0 Å². The second-order valence-corrected chi connectivity index (χ2v) is 15.0. The molecule has 3 heterocycles. The third kappa shape index (κ3) is 10.6. The van der Waals surface area contributed by atoms with Gasteiger partial charge >= 0.3 is 5.97 Å². The third-order valence-corrected chi connectivity index (χ3v) is 10.3. The third-order valence-electron chi connectivity index (χ3n) is 9.43. The Morgan fingerprint density at radius 2 is 2.00 bits per heavy atom. The molecule has 0 bridgehead atoms. The van der Waals surface area contributed by atoms with Crippen molar-refractivity contribution in [3.05, 3.63) is 21.7 Å². The van der Waals surface area contributed by atoms with Crippen LogP contribution in [0.3, 0.4) is 0 Å². The van der Waals surface area contributed by atoms with Crippen LogP contribution in [0.25, 0.3) is 6.08 Å². The number of nitrogens with one attached hydrogen (secondary N) is 1. The van der Waals surface area contributed by atoms with Gasteiger partial charge in [0.1, 0.15) is 6.10 Å². The number of epoxide rings is 1. The molecule has 1 aromatic heterocycles. The first-order chi connectivity index (χ1) is 21.2. The summed E-state index contributed by atoms with van der Waals surface area (Å²) in [5.74, 6) is -1.41. The topological polar surface area (TPSA) is 143 Å². The molecule has 0 aromatic carbocycles. The monoisotopic (exact) mass is 649 g/mol. The van der Waals surface area contributed by atoms with Crippen LogP contribution >= 0.6 is 11.3 Å². The fraction of sp³-hybridized carbons (Fsp3) is 0.765. The summed E-state index contributed by atoms with van der Waals surface area (Å²) in [5, 5.41) is 31.0. The lowest BCUT2D eigenvalue weighted by Crippen LogP contribution is -2.46. The summed E-state index contributed by atoms with van der Waals surface area (Å²) >= 11 is 1.57. The largest absolute Gasteiger partial charge is 0.458 e. The lowest BCUT2D eigenvalue weighted by molar-refractivity contribution is -0.151. The summed E-state index contributed by atoms with van der Waals surface area (Å²) in [4.78, 5) is 36.5. The first-order valence-corrected chi connectivity index (χ1v) is 17.3. The maximum absolute atomic E-state index is 13.4. The number of esters is 1. The van der Waals surface area contributed by atoms with E-state index in [0.717, 1.165) is 54.0 Å². The molecule has 1 amide bonds. The van der Waals surface area contributed by atoms with Gasteiger partial charge in [-0.2, -0.15) is 0 Å². The molecule has 2 aliphatic heterocycles. The minimum absolute atomic E-state index is 0.0602. The van der Waals surface area contributed by atoms with E-state index in [1.165, 1.54) is 0 Å². The summed E-state index contributed by atoms with van der Waals surface area (Å²) in [6.07, 6.45) is 6.89. The first kappa shape index (κ1) is 37.1. The number of ether oxygens (including phenoxy) is 2. The van der Waals surface area contributed by atoms with Crippen LogP contribution < -0.4 is 5.32 Å². The summed E-state index contributed by atoms with van der Waals surface area (Å²) in [6, 6.07) is 0. The van der Waals surface area contributed by atoms with Crippen molar-refractivity contribution in [3.8, 4) is 0 Å². The molecule has 2 aliphatic rings. The van der Waals surface area contributed by atoms with Crippen LogP contribution in [0.15, 0.2) is 16.9 Å². The van der Waals surface area contributed by atoms with Gasteiger partial charge < -0.3 is 29.8 Å². The average molecular weight is 650 g/mol. The number of cyclic esters (lactones) is 1. The molecule has 0 radical (unpaired) electrons. The summed E-state index contributed by atoms with van der Waals surface area (Å²) in [5.41, 5.74) is -0.127. The van der Waals surface area contributed by atoms with Crippen molar-refractivity contribution in [1.82, 2.24) is 10.3 Å². The number of aromatic nitrogens is 1. The molecule has 2 saturated heterocycles. The molecule has 0 saturated carbocycles. The molecule has 0 aliphatic carbocycles. The lowest BCUT2D eigenvalue weighted by Gasteiger charge is -2.37. The average Bonchev–Trinajstić information content (AvgIpc) is 3.42. The highest BCUT2D eigenvalue weighted by molar-refractivity contribution is 7.12. The van der Waals surface area contributed by atoms with Gasteiger partial charge in [0.05, 0.1) is 41.1 Å². The van der Waals surface area contributed by atoms with Crippen molar-refractivity contribution < 1.29 is 34.1 Å². The van der Waals surface area contributed by atoms with E-state index in [1.54, 1.807) is 31.4 Å². The minimum atomic E-state index is -1.19. The predicted molar refractivity (Wildman–Crippen MR) is 177 cm³/mol. The zero-order chi connectivity index (χ0) is 33.4. The zero-order valence-corrected chi connectivity index (χ0v) is 29.2. The number of amides is 1. The number of carbonyl (C=O) groups excluding carboxylic acids is 2. The highest BCUT2D eigenvalue weighted by Gasteiger charge is 2.53. The highest BCUT2D eigenvalue weighted by Crippen LogP contribution is 2.45. The second-order valence-electron chi connectivity index (χ2n) is 13.7. The normalized spacial score (nSPS) is 32.4. The Morgan fingerprint density at radius 1 is 1.27 bits per heavy atom. The molecule has 3 N–H and O–H groups in total. The number of fused-ring (bicyclic) bond motifs is 1. The molecule has 1 unspecified atom stereocenters. The lowest BCUT2D eigenvalue weighted by atomic mass is 9.72. The number of thiazole rings is 1. The van der Waals surface area contributed by atoms with Crippen LogP contribution in [-0.4, -0.2) is 76.0 Å². The van der Waals surface area contributed by atoms with Crippen molar-refractivity contribution in [2.24, 2.45) is 22.4 Å². The molecule has 3 rings (SSSR count). The van der Waals surface area contributed by atoms with Gasteiger partial charge in [0.15, 0.2) is 6.61 Å². The smallest absolute Gasteiger partial charge is 0.309 e. The van der Waals surface area contributed by atoms with Crippen LogP contribution in [0.2, 0.25) is 0 Å². The Hall–Kier alpha value is -2.34. The van der Waals surface area contributed by atoms with E-state index in [4.69, 9.17) is 14.3 Å². The number of carbonyl (C=O) groups is 2. The number of aliphatic hydroxyl groups excluding tert-OH is 2. The maximum Gasteiger partial charge on any atom is 0.309 e. The number of hydrogen-bond acceptors (Lipinski definition) is 10. The molecular weight excluding hydrogens is 594 g/mol. The number of rotatable bonds is 9. The van der Waals surface area contributed by atoms with Crippen molar-refractivity contribution in [1.29, 1.82) is 0 Å². The molecule has 1 aromatic rings. The van der Waals surface area contributed by atoms with Crippen LogP contribution in [0, 0.1) is 24.2 Å². The number of unbranched alkanes of at least 4 members (excludes halogenated alkanes) is 2. The SMILES string of the molecule is CCCCCNC(=O)CO/N=C1/[C@H](C)[C@@H](O)[C@@H](C)CCC[C@@]2(C)O[C@H]2CC(/C(C)=C/c2cnc(C)s2)OC(=O)C[C@H](O)C1(C)C. The number of nitrogens with zero attached hydrogens (tertiary/aromatic N) is 2. The first-order valence-electron chi connectivity index (χ1n) is 16.5. The van der Waals surface area contributed by atoms with Crippen LogP contribution in [-0.2, 0) is 23.9 Å². The van der Waals surface area contributed by atoms with E-state index >= 15 is 0 Å². The van der Waals surface area contributed by atoms with Crippen molar-refractivity contribution >= 4 is 35.0 Å². The minimum Gasteiger partial charge on any atom is -0.458 e. The van der Waals surface area contributed by atoms with Crippen molar-refractivity contribution in [3.63, 3.8) is 0 Å². The van der Waals surface area contributed by atoms with E-state index in [2.05, 4.69) is 29.3 Å². The van der Waals surface area contributed by atoms with Gasteiger partial charge in [-0.25, -0.2) is 4.98 Å². The van der Waals surface area contributed by atoms with E-state index in [-0.39, 0.29) is 36.6 Å². The number of oxime groups is 1. The number of aliphatic hydroxyl groups is 2. The molecule has 2 fully saturated rings. The van der Waals surface area contributed by atoms with E-state index < -0.39 is 35.6 Å². The van der Waals surface area contributed by atoms with E-state index in [1.807, 2.05) is 33.8 Å². The van der Waals surface area contributed by atoms with Crippen molar-refractivity contribution in [2.75, 3.05) is 13.2 Å². The molecule has 10 nitrogen and oxygen atoms in total. The molecule has 7 atom stereocenters. The second kappa shape index (κ2) is 16.5. The number of aryl methyl sites for hydroxylation is 1. The van der Waals surface area contributed by atoms with Crippen LogP contribution in [0.1, 0.15) is 110 Å².